The van der Waals surface area contributed by atoms with E-state index in [2.05, 4.69) is 0 Å². The van der Waals surface area contributed by atoms with Gasteiger partial charge in [0.05, 0.1) is 15.6 Å². The van der Waals surface area contributed by atoms with E-state index in [1.807, 2.05) is 6.92 Å². The maximum absolute atomic E-state index is 11.7. The number of unbranched alkanes of at least 4 members (excludes halogenated alkanes) is 2. The molecule has 0 saturated heterocycles. The molecule has 21 heavy (non-hydrogen) atoms. The van der Waals surface area contributed by atoms with E-state index in [0.29, 0.717) is 6.42 Å². The normalized spacial score (nSPS) is 9.81. The van der Waals surface area contributed by atoms with E-state index < -0.39 is 5.97 Å². The van der Waals surface area contributed by atoms with Crippen LogP contribution in [-0.2, 0) is 4.79 Å². The molecule has 0 aliphatic heterocycles. The van der Waals surface area contributed by atoms with Gasteiger partial charge in [-0.05, 0) is 6.42 Å². The molecule has 1 aromatic rings. The average molecular weight is 346 g/mol. The molecule has 1 aromatic carbocycles. The molecule has 0 unspecified atom stereocenters. The molecule has 0 fully saturated rings. The minimum Gasteiger partial charge on any atom is -0.423 e. The lowest BCUT2D eigenvalue weighted by atomic mass is 10.1. The molecule has 0 bridgehead atoms. The van der Waals surface area contributed by atoms with Crippen LogP contribution in [0.3, 0.4) is 0 Å². The molecule has 0 amide bonds. The number of carbonyl (C=O) groups is 1. The Morgan fingerprint density at radius 1 is 1.05 bits per heavy atom. The predicted octanol–water partition coefficient (Wildman–Crippen LogP) is 4.88. The van der Waals surface area contributed by atoms with Crippen LogP contribution >= 0.6 is 34.8 Å². The number of rotatable bonds is 5. The highest BCUT2D eigenvalue weighted by Crippen LogP contribution is 2.42. The zero-order valence-electron chi connectivity index (χ0n) is 11.2. The van der Waals surface area contributed by atoms with Gasteiger partial charge in [0, 0.05) is 6.42 Å². The first-order valence-electron chi connectivity index (χ1n) is 6.19. The summed E-state index contributed by atoms with van der Waals surface area (Å²) in [4.78, 5) is 11.7. The first kappa shape index (κ1) is 17.6. The van der Waals surface area contributed by atoms with Gasteiger partial charge in [-0.2, -0.15) is 10.5 Å². The van der Waals surface area contributed by atoms with Crippen LogP contribution < -0.4 is 4.74 Å². The van der Waals surface area contributed by atoms with E-state index in [1.165, 1.54) is 0 Å². The maximum atomic E-state index is 11.7. The second-order valence-corrected chi connectivity index (χ2v) is 5.31. The van der Waals surface area contributed by atoms with Gasteiger partial charge < -0.3 is 4.74 Å². The van der Waals surface area contributed by atoms with Crippen LogP contribution in [0.2, 0.25) is 15.1 Å². The number of nitriles is 2. The summed E-state index contributed by atoms with van der Waals surface area (Å²) in [7, 11) is 0. The second kappa shape index (κ2) is 8.10. The Morgan fingerprint density at radius 3 is 2.19 bits per heavy atom. The van der Waals surface area contributed by atoms with Crippen molar-refractivity contribution in [3.8, 4) is 17.9 Å². The maximum Gasteiger partial charge on any atom is 0.311 e. The van der Waals surface area contributed by atoms with E-state index in [1.54, 1.807) is 12.1 Å². The molecule has 0 N–H and O–H groups in total. The van der Waals surface area contributed by atoms with E-state index in [9.17, 15) is 4.79 Å². The lowest BCUT2D eigenvalue weighted by molar-refractivity contribution is -0.134. The summed E-state index contributed by atoms with van der Waals surface area (Å²) in [6.45, 7) is 2.01. The molecule has 0 spiro atoms. The number of hydrogen-bond donors (Lipinski definition) is 0. The highest BCUT2D eigenvalue weighted by atomic mass is 35.5. The van der Waals surface area contributed by atoms with Gasteiger partial charge in [-0.15, -0.1) is 0 Å². The van der Waals surface area contributed by atoms with E-state index >= 15 is 0 Å². The molecule has 7 heteroatoms. The molecule has 0 aromatic heterocycles. The second-order valence-electron chi connectivity index (χ2n) is 4.18. The highest BCUT2D eigenvalue weighted by molar-refractivity contribution is 6.46. The molecular formula is C14H11Cl3N2O2. The molecule has 110 valence electrons. The summed E-state index contributed by atoms with van der Waals surface area (Å²) in [5, 5.41) is 17.6. The number of halogens is 3. The van der Waals surface area contributed by atoms with Crippen molar-refractivity contribution in [3.63, 3.8) is 0 Å². The fraction of sp³-hybridized carbons (Fsp3) is 0.357. The Bertz CT molecular complexity index is 645. The zero-order chi connectivity index (χ0) is 16.0. The monoisotopic (exact) mass is 344 g/mol. The van der Waals surface area contributed by atoms with Crippen molar-refractivity contribution in [3.05, 3.63) is 26.2 Å². The number of esters is 1. The van der Waals surface area contributed by atoms with E-state index in [-0.39, 0.29) is 38.4 Å². The Hall–Kier alpha value is -1.46. The van der Waals surface area contributed by atoms with Gasteiger partial charge in [-0.1, -0.05) is 54.6 Å². The number of ether oxygens (including phenoxy) is 1. The molecule has 0 heterocycles. The predicted molar refractivity (Wildman–Crippen MR) is 80.7 cm³/mol. The third kappa shape index (κ3) is 4.02. The van der Waals surface area contributed by atoms with Crippen molar-refractivity contribution in [1.82, 2.24) is 0 Å². The third-order valence-electron chi connectivity index (χ3n) is 2.70. The van der Waals surface area contributed by atoms with Crippen molar-refractivity contribution >= 4 is 40.8 Å². The van der Waals surface area contributed by atoms with E-state index in [0.717, 1.165) is 12.8 Å². The van der Waals surface area contributed by atoms with Crippen LogP contribution in [0.25, 0.3) is 0 Å². The first-order valence-corrected chi connectivity index (χ1v) is 7.32. The van der Waals surface area contributed by atoms with Gasteiger partial charge in [0.15, 0.2) is 5.75 Å². The van der Waals surface area contributed by atoms with Crippen LogP contribution in [-0.4, -0.2) is 5.97 Å². The largest absolute Gasteiger partial charge is 0.423 e. The molecule has 0 aliphatic carbocycles. The van der Waals surface area contributed by atoms with Gasteiger partial charge in [0.2, 0.25) is 0 Å². The molecule has 0 radical (unpaired) electrons. The van der Waals surface area contributed by atoms with E-state index in [4.69, 9.17) is 50.1 Å². The summed E-state index contributed by atoms with van der Waals surface area (Å²) in [6.07, 6.45) is 2.73. The Balaban J connectivity index is 3.17. The lowest BCUT2D eigenvalue weighted by Gasteiger charge is -2.12. The van der Waals surface area contributed by atoms with Crippen LogP contribution in [0.15, 0.2) is 0 Å². The first-order chi connectivity index (χ1) is 9.97. The summed E-state index contributed by atoms with van der Waals surface area (Å²) in [5.74, 6) is -0.728. The number of nitrogens with zero attached hydrogens (tertiary/aromatic N) is 2. The van der Waals surface area contributed by atoms with Crippen LogP contribution in [0, 0.1) is 22.7 Å². The van der Waals surface area contributed by atoms with Crippen molar-refractivity contribution in [1.29, 1.82) is 10.5 Å². The fourth-order valence-electron chi connectivity index (χ4n) is 1.62. The fourth-order valence-corrected chi connectivity index (χ4v) is 2.38. The number of carbonyl (C=O) groups excluding carboxylic acids is 1. The summed E-state index contributed by atoms with van der Waals surface area (Å²) in [5.41, 5.74) is -0.294. The molecular weight excluding hydrogens is 335 g/mol. The van der Waals surface area contributed by atoms with Crippen LogP contribution in [0.1, 0.15) is 43.7 Å². The molecule has 0 aliphatic rings. The SMILES string of the molecule is CCCCCC(=O)Oc1c(Cl)c(Cl)c(C#N)c(Cl)c1C#N. The Morgan fingerprint density at radius 2 is 1.67 bits per heavy atom. The van der Waals surface area contributed by atoms with Gasteiger partial charge in [0.25, 0.3) is 0 Å². The van der Waals surface area contributed by atoms with Crippen molar-refractivity contribution in [2.45, 2.75) is 32.6 Å². The van der Waals surface area contributed by atoms with Gasteiger partial charge in [-0.3, -0.25) is 4.79 Å². The van der Waals surface area contributed by atoms with Crippen molar-refractivity contribution in [2.24, 2.45) is 0 Å². The average Bonchev–Trinajstić information content (AvgIpc) is 2.46. The molecule has 4 nitrogen and oxygen atoms in total. The zero-order valence-corrected chi connectivity index (χ0v) is 13.4. The minimum atomic E-state index is -0.529. The van der Waals surface area contributed by atoms with Crippen LogP contribution in [0.4, 0.5) is 0 Å². The quantitative estimate of drug-likeness (QED) is 0.330. The smallest absolute Gasteiger partial charge is 0.311 e. The van der Waals surface area contributed by atoms with Crippen molar-refractivity contribution < 1.29 is 9.53 Å². The molecule has 1 rings (SSSR count). The third-order valence-corrected chi connectivity index (χ3v) is 3.91. The highest BCUT2D eigenvalue weighted by Gasteiger charge is 2.24. The topological polar surface area (TPSA) is 73.9 Å². The van der Waals surface area contributed by atoms with Gasteiger partial charge in [-0.25, -0.2) is 0 Å². The van der Waals surface area contributed by atoms with Gasteiger partial charge in [0.1, 0.15) is 22.7 Å². The lowest BCUT2D eigenvalue weighted by Crippen LogP contribution is -2.10. The van der Waals surface area contributed by atoms with Crippen molar-refractivity contribution in [2.75, 3.05) is 0 Å². The Labute approximate surface area is 137 Å². The summed E-state index contributed by atoms with van der Waals surface area (Å²) >= 11 is 17.8. The standard InChI is InChI=1S/C14H11Cl3N2O2/c1-2-3-4-5-10(20)21-14-9(7-19)11(15)8(6-18)12(16)13(14)17/h2-5H2,1H3. The van der Waals surface area contributed by atoms with Crippen LogP contribution in [0.5, 0.6) is 5.75 Å². The summed E-state index contributed by atoms with van der Waals surface area (Å²) < 4.78 is 5.10. The van der Waals surface area contributed by atoms with Gasteiger partial charge >= 0.3 is 5.97 Å². The Kier molecular flexibility index (Phi) is 6.78. The summed E-state index contributed by atoms with van der Waals surface area (Å²) in [6, 6.07) is 3.54. The minimum absolute atomic E-state index is 0.120. The molecule has 0 atom stereocenters. The number of benzene rings is 1. The molecule has 0 saturated carbocycles. The number of hydrogen-bond acceptors (Lipinski definition) is 4.